The number of esters is 1. The minimum Gasteiger partial charge on any atom is -0.504 e. The van der Waals surface area contributed by atoms with Gasteiger partial charge in [0.15, 0.2) is 11.5 Å². The van der Waals surface area contributed by atoms with Crippen LogP contribution in [0.2, 0.25) is 0 Å². The van der Waals surface area contributed by atoms with E-state index < -0.39 is 11.9 Å². The molecular formula is C12H14O5. The van der Waals surface area contributed by atoms with Crippen molar-refractivity contribution in [2.24, 2.45) is 0 Å². The molecule has 5 nitrogen and oxygen atoms in total. The Kier molecular flexibility index (Phi) is 5.00. The van der Waals surface area contributed by atoms with Crippen LogP contribution < -0.4 is 4.74 Å². The van der Waals surface area contributed by atoms with E-state index >= 15 is 0 Å². The lowest BCUT2D eigenvalue weighted by Gasteiger charge is -2.05. The molecule has 0 spiro atoms. The lowest BCUT2D eigenvalue weighted by atomic mass is 10.2. The molecule has 0 amide bonds. The number of benzene rings is 1. The third-order valence-electron chi connectivity index (χ3n) is 2.11. The van der Waals surface area contributed by atoms with Crippen LogP contribution in [0.25, 0.3) is 0 Å². The molecule has 0 aromatic heterocycles. The van der Waals surface area contributed by atoms with Gasteiger partial charge in [-0.2, -0.15) is 0 Å². The quantitative estimate of drug-likeness (QED) is 0.449. The van der Waals surface area contributed by atoms with Crippen LogP contribution in [0.5, 0.6) is 11.5 Å². The summed E-state index contributed by atoms with van der Waals surface area (Å²) in [5, 5.41) is 17.7. The number of para-hydroxylation sites is 2. The number of hydrogen-bond donors (Lipinski definition) is 2. The van der Waals surface area contributed by atoms with Gasteiger partial charge in [-0.3, -0.25) is 9.59 Å². The fourth-order valence-electron chi connectivity index (χ4n) is 1.26. The summed E-state index contributed by atoms with van der Waals surface area (Å²) in [6.07, 6.45) is 1.08. The van der Waals surface area contributed by atoms with Crippen molar-refractivity contribution in [3.8, 4) is 11.5 Å². The van der Waals surface area contributed by atoms with Crippen molar-refractivity contribution >= 4 is 11.9 Å². The summed E-state index contributed by atoms with van der Waals surface area (Å²) >= 11 is 0. The Morgan fingerprint density at radius 3 is 2.41 bits per heavy atom. The summed E-state index contributed by atoms with van der Waals surface area (Å²) in [6, 6.07) is 6.18. The van der Waals surface area contributed by atoms with Gasteiger partial charge >= 0.3 is 11.9 Å². The first kappa shape index (κ1) is 13.0. The average molecular weight is 238 g/mol. The Balaban J connectivity index is 2.30. The van der Waals surface area contributed by atoms with Crippen LogP contribution in [0.4, 0.5) is 0 Å². The van der Waals surface area contributed by atoms with E-state index in [1.54, 1.807) is 12.1 Å². The van der Waals surface area contributed by atoms with E-state index in [1.165, 1.54) is 12.1 Å². The van der Waals surface area contributed by atoms with Gasteiger partial charge in [0.2, 0.25) is 0 Å². The van der Waals surface area contributed by atoms with Crippen LogP contribution >= 0.6 is 0 Å². The molecule has 0 radical (unpaired) electrons. The van der Waals surface area contributed by atoms with Crippen LogP contribution in [0.15, 0.2) is 24.3 Å². The molecule has 0 atom stereocenters. The van der Waals surface area contributed by atoms with E-state index in [-0.39, 0.29) is 24.3 Å². The van der Waals surface area contributed by atoms with E-state index in [1.807, 2.05) is 0 Å². The number of carbonyl (C=O) groups is 2. The fourth-order valence-corrected chi connectivity index (χ4v) is 1.26. The molecule has 0 aliphatic heterocycles. The minimum atomic E-state index is -0.876. The number of carboxylic acid groups (broad SMARTS) is 1. The third-order valence-corrected chi connectivity index (χ3v) is 2.11. The van der Waals surface area contributed by atoms with Crippen molar-refractivity contribution in [2.45, 2.75) is 25.7 Å². The number of aliphatic carboxylic acids is 1. The second-order valence-electron chi connectivity index (χ2n) is 3.54. The molecule has 17 heavy (non-hydrogen) atoms. The lowest BCUT2D eigenvalue weighted by molar-refractivity contribution is -0.138. The van der Waals surface area contributed by atoms with E-state index in [0.29, 0.717) is 12.8 Å². The number of phenols is 1. The number of carbonyl (C=O) groups excluding carboxylic acids is 1. The van der Waals surface area contributed by atoms with Crippen LogP contribution in [-0.2, 0) is 9.59 Å². The first-order valence-electron chi connectivity index (χ1n) is 5.30. The van der Waals surface area contributed by atoms with E-state index in [0.717, 1.165) is 0 Å². The number of rotatable bonds is 6. The zero-order valence-corrected chi connectivity index (χ0v) is 9.26. The SMILES string of the molecule is O=C(O)CCCCC(=O)Oc1ccccc1O. The maximum Gasteiger partial charge on any atom is 0.311 e. The van der Waals surface area contributed by atoms with Crippen LogP contribution in [0.3, 0.4) is 0 Å². The highest BCUT2D eigenvalue weighted by atomic mass is 16.5. The number of carboxylic acids is 1. The van der Waals surface area contributed by atoms with Crippen LogP contribution in [0, 0.1) is 0 Å². The van der Waals surface area contributed by atoms with Crippen LogP contribution in [-0.4, -0.2) is 22.2 Å². The highest BCUT2D eigenvalue weighted by Gasteiger charge is 2.08. The van der Waals surface area contributed by atoms with Crippen molar-refractivity contribution in [1.82, 2.24) is 0 Å². The number of aromatic hydroxyl groups is 1. The smallest absolute Gasteiger partial charge is 0.311 e. The van der Waals surface area contributed by atoms with Gasteiger partial charge in [0.05, 0.1) is 0 Å². The normalized spacial score (nSPS) is 9.88. The molecule has 0 fully saturated rings. The van der Waals surface area contributed by atoms with Gasteiger partial charge in [0.1, 0.15) is 0 Å². The van der Waals surface area contributed by atoms with Crippen molar-refractivity contribution in [3.05, 3.63) is 24.3 Å². The minimum absolute atomic E-state index is 0.0455. The number of hydrogen-bond acceptors (Lipinski definition) is 4. The van der Waals surface area contributed by atoms with Crippen LogP contribution in [0.1, 0.15) is 25.7 Å². The molecule has 5 heteroatoms. The molecule has 92 valence electrons. The second-order valence-corrected chi connectivity index (χ2v) is 3.54. The summed E-state index contributed by atoms with van der Waals surface area (Å²) in [7, 11) is 0. The monoisotopic (exact) mass is 238 g/mol. The molecule has 0 heterocycles. The Morgan fingerprint density at radius 2 is 1.76 bits per heavy atom. The molecule has 0 unspecified atom stereocenters. The molecule has 1 rings (SSSR count). The summed E-state index contributed by atoms with van der Waals surface area (Å²) in [5.41, 5.74) is 0. The van der Waals surface area contributed by atoms with E-state index in [2.05, 4.69) is 0 Å². The van der Waals surface area contributed by atoms with Gasteiger partial charge in [-0.05, 0) is 25.0 Å². The number of phenolic OH excluding ortho intramolecular Hbond substituents is 1. The molecule has 0 bridgehead atoms. The zero-order chi connectivity index (χ0) is 12.7. The lowest BCUT2D eigenvalue weighted by Crippen LogP contribution is -2.08. The molecule has 0 aliphatic carbocycles. The molecule has 0 saturated heterocycles. The highest BCUT2D eigenvalue weighted by Crippen LogP contribution is 2.24. The summed E-state index contributed by atoms with van der Waals surface area (Å²) in [6.45, 7) is 0. The van der Waals surface area contributed by atoms with E-state index in [9.17, 15) is 14.7 Å². The van der Waals surface area contributed by atoms with Gasteiger partial charge < -0.3 is 14.9 Å². The Hall–Kier alpha value is -2.04. The van der Waals surface area contributed by atoms with Gasteiger partial charge in [-0.25, -0.2) is 0 Å². The number of unbranched alkanes of at least 4 members (excludes halogenated alkanes) is 1. The molecular weight excluding hydrogens is 224 g/mol. The van der Waals surface area contributed by atoms with Crippen molar-refractivity contribution in [2.75, 3.05) is 0 Å². The zero-order valence-electron chi connectivity index (χ0n) is 9.26. The largest absolute Gasteiger partial charge is 0.504 e. The molecule has 0 saturated carbocycles. The first-order chi connectivity index (χ1) is 8.09. The summed E-state index contributed by atoms with van der Waals surface area (Å²) < 4.78 is 4.92. The number of ether oxygens (including phenoxy) is 1. The van der Waals surface area contributed by atoms with E-state index in [4.69, 9.17) is 9.84 Å². The molecule has 1 aromatic carbocycles. The fraction of sp³-hybridized carbons (Fsp3) is 0.333. The molecule has 1 aromatic rings. The Labute approximate surface area is 98.6 Å². The first-order valence-corrected chi connectivity index (χ1v) is 5.30. The predicted octanol–water partition coefficient (Wildman–Crippen LogP) is 1.94. The molecule has 2 N–H and O–H groups in total. The Bertz CT molecular complexity index is 400. The summed E-state index contributed by atoms with van der Waals surface area (Å²) in [4.78, 5) is 21.6. The van der Waals surface area contributed by atoms with Crippen molar-refractivity contribution in [3.63, 3.8) is 0 Å². The second kappa shape index (κ2) is 6.52. The molecule has 0 aliphatic rings. The predicted molar refractivity (Wildman–Crippen MR) is 59.8 cm³/mol. The maximum absolute atomic E-state index is 11.3. The van der Waals surface area contributed by atoms with Gasteiger partial charge in [0, 0.05) is 12.8 Å². The highest BCUT2D eigenvalue weighted by molar-refractivity contribution is 5.73. The standard InChI is InChI=1S/C12H14O5/c13-9-5-1-2-6-10(9)17-12(16)8-4-3-7-11(14)15/h1-2,5-6,13H,3-4,7-8H2,(H,14,15). The van der Waals surface area contributed by atoms with Gasteiger partial charge in [-0.1, -0.05) is 12.1 Å². The van der Waals surface area contributed by atoms with Crippen molar-refractivity contribution in [1.29, 1.82) is 0 Å². The maximum atomic E-state index is 11.3. The topological polar surface area (TPSA) is 83.8 Å². The van der Waals surface area contributed by atoms with Gasteiger partial charge in [0.25, 0.3) is 0 Å². The third kappa shape index (κ3) is 5.01. The Morgan fingerprint density at radius 1 is 1.12 bits per heavy atom. The summed E-state index contributed by atoms with van der Waals surface area (Å²) in [5.74, 6) is -1.32. The average Bonchev–Trinajstić information content (AvgIpc) is 2.27. The van der Waals surface area contributed by atoms with Crippen molar-refractivity contribution < 1.29 is 24.5 Å². The van der Waals surface area contributed by atoms with Gasteiger partial charge in [-0.15, -0.1) is 0 Å².